The summed E-state index contributed by atoms with van der Waals surface area (Å²) in [5, 5.41) is 0. The van der Waals surface area contributed by atoms with Crippen LogP contribution < -0.4 is 0 Å². The maximum atomic E-state index is 3.27. The molecule has 1 rings (SSSR count). The van der Waals surface area contributed by atoms with Gasteiger partial charge in [0.25, 0.3) is 0 Å². The predicted molar refractivity (Wildman–Crippen MR) is 268 cm³/mol. The van der Waals surface area contributed by atoms with E-state index in [1.54, 1.807) is 0 Å². The van der Waals surface area contributed by atoms with Gasteiger partial charge in [0.2, 0.25) is 0 Å². The van der Waals surface area contributed by atoms with E-state index in [1.165, 1.54) is 0 Å². The highest BCUT2D eigenvalue weighted by molar-refractivity contribution is 8.62. The molecule has 0 atom stereocenters. The average Bonchev–Trinajstić information content (AvgIpc) is 3.60. The standard InChI is InChI=1S/C42H102Si9/c1-31(2)43(25,32(3)4)49(44(26,33(5)6)34(7)8)50(45(27,35(9)10)36(11)12,46(28,37(13)14)38(15)16)51(49,47(29,39(17)18)40(19)20)48(30,41(21)22)42(23)24/h31-42H,1-30H3. The molecule has 0 saturated carbocycles. The lowest BCUT2D eigenvalue weighted by Gasteiger charge is -2.64. The van der Waals surface area contributed by atoms with Gasteiger partial charge in [0.1, 0.15) is 0 Å². The third-order valence-electron chi connectivity index (χ3n) is 20.9. The Hall–Kier alpha value is 1.95. The van der Waals surface area contributed by atoms with Crippen LogP contribution in [0.25, 0.3) is 0 Å². The first-order valence-corrected chi connectivity index (χ1v) is 53.5. The lowest BCUT2D eigenvalue weighted by atomic mass is 10.5. The number of rotatable bonds is 18. The van der Waals surface area contributed by atoms with Crippen LogP contribution in [0.5, 0.6) is 0 Å². The van der Waals surface area contributed by atoms with Gasteiger partial charge in [0.15, 0.2) is 0 Å². The quantitative estimate of drug-likeness (QED) is 0.120. The summed E-state index contributed by atoms with van der Waals surface area (Å²) in [4.78, 5) is 0. The minimum atomic E-state index is -2.01. The Kier molecular flexibility index (Phi) is 15.9. The van der Waals surface area contributed by atoms with Crippen LogP contribution in [0.1, 0.15) is 166 Å². The van der Waals surface area contributed by atoms with E-state index in [9.17, 15) is 0 Å². The van der Waals surface area contributed by atoms with Crippen molar-refractivity contribution in [2.24, 2.45) is 0 Å². The van der Waals surface area contributed by atoms with E-state index in [4.69, 9.17) is 0 Å². The van der Waals surface area contributed by atoms with Crippen molar-refractivity contribution in [3.63, 3.8) is 0 Å². The molecule has 1 fully saturated rings. The van der Waals surface area contributed by atoms with Crippen molar-refractivity contribution in [3.05, 3.63) is 0 Å². The van der Waals surface area contributed by atoms with Crippen molar-refractivity contribution in [3.8, 4) is 0 Å². The van der Waals surface area contributed by atoms with E-state index >= 15 is 0 Å². The third-order valence-corrected chi connectivity index (χ3v) is 320. The number of hydrogen-bond donors (Lipinski definition) is 0. The molecule has 0 spiro atoms. The minimum Gasteiger partial charge on any atom is -0.0713 e. The fourth-order valence-corrected chi connectivity index (χ4v) is 729. The Morgan fingerprint density at radius 1 is 0.176 bits per heavy atom. The predicted octanol–water partition coefficient (Wildman–Crippen LogP) is 16.4. The van der Waals surface area contributed by atoms with Crippen LogP contribution in [-0.4, -0.2) is 64.0 Å². The van der Waals surface area contributed by atoms with Crippen molar-refractivity contribution in [2.75, 3.05) is 0 Å². The smallest absolute Gasteiger partial charge is 0.0410 e. The van der Waals surface area contributed by atoms with Gasteiger partial charge in [0, 0.05) is 64.0 Å². The maximum Gasteiger partial charge on any atom is 0.0410 e. The SMILES string of the molecule is CC(C)[Si](C)(C(C)C)[Si]1([Si](C)(C(C)C)C(C)C)[Si]([Si](C)(C(C)C)C(C)C)([Si](C)(C(C)C)C(C)C)[Si]1([Si](C)(C(C)C)C(C)C)[Si](C)(C(C)C)C(C)C. The van der Waals surface area contributed by atoms with Crippen LogP contribution in [0.2, 0.25) is 106 Å². The van der Waals surface area contributed by atoms with Crippen molar-refractivity contribution in [1.82, 2.24) is 0 Å². The molecule has 51 heavy (non-hydrogen) atoms. The summed E-state index contributed by atoms with van der Waals surface area (Å²) in [7, 11) is -11.4. The second-order valence-electron chi connectivity index (χ2n) is 23.8. The average molecular weight is 860 g/mol. The highest BCUT2D eigenvalue weighted by atomic mass is 30.9. The van der Waals surface area contributed by atoms with E-state index in [-0.39, 0.29) is 0 Å². The Bertz CT molecular complexity index is 880. The van der Waals surface area contributed by atoms with Crippen molar-refractivity contribution in [1.29, 1.82) is 0 Å². The van der Waals surface area contributed by atoms with Gasteiger partial charge in [-0.1, -0.05) is 272 Å². The highest BCUT2D eigenvalue weighted by Gasteiger charge is 3.09. The molecule has 1 aliphatic heterocycles. The molecule has 306 valence electrons. The molecule has 1 heterocycles. The molecule has 0 nitrogen and oxygen atoms in total. The summed E-state index contributed by atoms with van der Waals surface area (Å²) in [6, 6.07) is 0. The van der Waals surface area contributed by atoms with Gasteiger partial charge >= 0.3 is 0 Å². The Morgan fingerprint density at radius 2 is 0.235 bits per heavy atom. The molecule has 0 aromatic rings. The molecule has 0 aliphatic carbocycles. The van der Waals surface area contributed by atoms with Crippen molar-refractivity contribution in [2.45, 2.75) is 272 Å². The van der Waals surface area contributed by atoms with Crippen LogP contribution in [0.15, 0.2) is 0 Å². The van der Waals surface area contributed by atoms with E-state index in [1.807, 2.05) is 0 Å². The highest BCUT2D eigenvalue weighted by Crippen LogP contribution is 2.82. The largest absolute Gasteiger partial charge is 0.0713 e. The second kappa shape index (κ2) is 16.0. The first-order chi connectivity index (χ1) is 22.6. The summed E-state index contributed by atoms with van der Waals surface area (Å²) in [5.41, 5.74) is 10.8. The normalized spacial score (nSPS) is 19.4. The van der Waals surface area contributed by atoms with Crippen molar-refractivity contribution < 1.29 is 0 Å². The fraction of sp³-hybridized carbons (Fsp3) is 1.00. The third kappa shape index (κ3) is 5.54. The molecule has 0 aromatic carbocycles. The van der Waals surface area contributed by atoms with Crippen LogP contribution >= 0.6 is 0 Å². The molecule has 1 saturated heterocycles. The monoisotopic (exact) mass is 859 g/mol. The van der Waals surface area contributed by atoms with Crippen LogP contribution in [0.3, 0.4) is 0 Å². The lowest BCUT2D eigenvalue weighted by Crippen LogP contribution is -2.87. The molecule has 0 radical (unpaired) electrons. The van der Waals surface area contributed by atoms with Gasteiger partial charge in [-0.3, -0.25) is 0 Å². The van der Waals surface area contributed by atoms with Gasteiger partial charge in [-0.25, -0.2) is 0 Å². The first kappa shape index (κ1) is 51.0. The van der Waals surface area contributed by atoms with Crippen LogP contribution in [0, 0.1) is 0 Å². The summed E-state index contributed by atoms with van der Waals surface area (Å²) in [6.45, 7) is 88.8. The van der Waals surface area contributed by atoms with E-state index in [0.717, 1.165) is 66.5 Å². The van der Waals surface area contributed by atoms with Crippen LogP contribution in [-0.2, 0) is 0 Å². The van der Waals surface area contributed by atoms with Crippen molar-refractivity contribution >= 4 is 64.0 Å². The zero-order valence-corrected chi connectivity index (χ0v) is 50.4. The summed E-state index contributed by atoms with van der Waals surface area (Å²) in [6.07, 6.45) is -6.04. The van der Waals surface area contributed by atoms with Crippen LogP contribution in [0.4, 0.5) is 0 Å². The topological polar surface area (TPSA) is 0 Å². The zero-order chi connectivity index (χ0) is 41.4. The molecule has 0 N–H and O–H groups in total. The molecule has 0 unspecified atom stereocenters. The molecular weight excluding hydrogens is 757 g/mol. The van der Waals surface area contributed by atoms with E-state index in [0.29, 0.717) is 0 Å². The second-order valence-corrected chi connectivity index (χ2v) is 131. The molecule has 0 amide bonds. The van der Waals surface area contributed by atoms with Gasteiger partial charge < -0.3 is 0 Å². The first-order valence-electron chi connectivity index (χ1n) is 22.6. The fourth-order valence-electron chi connectivity index (χ4n) is 16.3. The van der Waals surface area contributed by atoms with Gasteiger partial charge in [-0.15, -0.1) is 0 Å². The Morgan fingerprint density at radius 3 is 0.275 bits per heavy atom. The van der Waals surface area contributed by atoms with Gasteiger partial charge in [0.05, 0.1) is 0 Å². The molecule has 1 aliphatic rings. The zero-order valence-electron chi connectivity index (χ0n) is 41.4. The molecular formula is C42H102Si9. The Balaban J connectivity index is 6.12. The Labute approximate surface area is 333 Å². The van der Waals surface area contributed by atoms with Gasteiger partial charge in [-0.2, -0.15) is 0 Å². The summed E-state index contributed by atoms with van der Waals surface area (Å²) < 4.78 is 0. The minimum absolute atomic E-state index is 0.903. The maximum absolute atomic E-state index is 3.27. The summed E-state index contributed by atoms with van der Waals surface area (Å²) in [5.74, 6) is 0. The number of hydrogen-bond acceptors (Lipinski definition) is 0. The molecule has 0 aromatic heterocycles. The van der Waals surface area contributed by atoms with Gasteiger partial charge in [-0.05, 0) is 0 Å². The summed E-state index contributed by atoms with van der Waals surface area (Å²) >= 11 is 0. The molecule has 0 bridgehead atoms. The lowest BCUT2D eigenvalue weighted by molar-refractivity contribution is 0.909. The molecule has 9 heteroatoms. The van der Waals surface area contributed by atoms with E-state index in [2.05, 4.69) is 205 Å². The van der Waals surface area contributed by atoms with E-state index < -0.39 is 64.0 Å².